The molecular weight excluding hydrogens is 376 g/mol. The molecular formula is C17H15BrN2O2S. The summed E-state index contributed by atoms with van der Waals surface area (Å²) in [7, 11) is 0. The summed E-state index contributed by atoms with van der Waals surface area (Å²) in [5, 5.41) is 2.33. The van der Waals surface area contributed by atoms with Crippen LogP contribution in [-0.2, 0) is 11.3 Å². The van der Waals surface area contributed by atoms with Crippen LogP contribution in [-0.4, -0.2) is 21.4 Å². The molecule has 1 N–H and O–H groups in total. The highest BCUT2D eigenvalue weighted by Crippen LogP contribution is 2.29. The van der Waals surface area contributed by atoms with Gasteiger partial charge in [0, 0.05) is 10.2 Å². The van der Waals surface area contributed by atoms with E-state index in [1.807, 2.05) is 55.5 Å². The molecule has 0 unspecified atom stereocenters. The van der Waals surface area contributed by atoms with Gasteiger partial charge in [0.15, 0.2) is 5.37 Å². The van der Waals surface area contributed by atoms with Crippen molar-refractivity contribution in [2.75, 3.05) is 5.32 Å². The van der Waals surface area contributed by atoms with E-state index in [9.17, 15) is 9.59 Å². The van der Waals surface area contributed by atoms with Crippen molar-refractivity contribution in [1.82, 2.24) is 4.90 Å². The number of amides is 2. The lowest BCUT2D eigenvalue weighted by Crippen LogP contribution is -2.33. The fourth-order valence-electron chi connectivity index (χ4n) is 2.25. The number of aryl methyl sites for hydroxylation is 1. The second-order valence-corrected chi connectivity index (χ2v) is 7.30. The van der Waals surface area contributed by atoms with E-state index in [4.69, 9.17) is 0 Å². The molecule has 23 heavy (non-hydrogen) atoms. The van der Waals surface area contributed by atoms with Crippen LogP contribution in [0.5, 0.6) is 0 Å². The van der Waals surface area contributed by atoms with Crippen LogP contribution in [0.4, 0.5) is 10.5 Å². The number of benzene rings is 2. The van der Waals surface area contributed by atoms with Crippen molar-refractivity contribution in [1.29, 1.82) is 0 Å². The summed E-state index contributed by atoms with van der Waals surface area (Å²) in [6.07, 6.45) is 0. The van der Waals surface area contributed by atoms with Crippen LogP contribution in [0.2, 0.25) is 0 Å². The Hall–Kier alpha value is -1.79. The van der Waals surface area contributed by atoms with Crippen LogP contribution in [0.25, 0.3) is 0 Å². The first-order valence-electron chi connectivity index (χ1n) is 7.12. The summed E-state index contributed by atoms with van der Waals surface area (Å²) in [4.78, 5) is 25.9. The van der Waals surface area contributed by atoms with Gasteiger partial charge in [0.05, 0.1) is 6.54 Å². The number of nitrogens with one attached hydrogen (secondary N) is 1. The van der Waals surface area contributed by atoms with Crippen LogP contribution in [0.1, 0.15) is 11.1 Å². The SMILES string of the molecule is Cc1ccc(N[C@@H]2SC(=O)N(Cc3ccc(Br)cc3)C2=O)cc1. The summed E-state index contributed by atoms with van der Waals surface area (Å²) in [6.45, 7) is 2.30. The molecule has 118 valence electrons. The summed E-state index contributed by atoms with van der Waals surface area (Å²) >= 11 is 4.39. The zero-order chi connectivity index (χ0) is 16.4. The average Bonchev–Trinajstić information content (AvgIpc) is 2.79. The molecule has 0 bridgehead atoms. The monoisotopic (exact) mass is 390 g/mol. The minimum absolute atomic E-state index is 0.205. The van der Waals surface area contributed by atoms with E-state index in [1.54, 1.807) is 0 Å². The van der Waals surface area contributed by atoms with E-state index in [2.05, 4.69) is 21.2 Å². The van der Waals surface area contributed by atoms with Crippen molar-refractivity contribution < 1.29 is 9.59 Å². The fourth-order valence-corrected chi connectivity index (χ4v) is 3.42. The molecule has 1 atom stereocenters. The molecule has 1 saturated heterocycles. The van der Waals surface area contributed by atoms with Crippen molar-refractivity contribution in [3.63, 3.8) is 0 Å². The lowest BCUT2D eigenvalue weighted by atomic mass is 10.2. The minimum atomic E-state index is -0.569. The number of carbonyl (C=O) groups excluding carboxylic acids is 2. The van der Waals surface area contributed by atoms with E-state index < -0.39 is 5.37 Å². The first-order valence-corrected chi connectivity index (χ1v) is 8.80. The topological polar surface area (TPSA) is 49.4 Å². The smallest absolute Gasteiger partial charge is 0.291 e. The van der Waals surface area contributed by atoms with Gasteiger partial charge in [-0.15, -0.1) is 0 Å². The normalized spacial score (nSPS) is 17.7. The summed E-state index contributed by atoms with van der Waals surface area (Å²) < 4.78 is 0.966. The van der Waals surface area contributed by atoms with E-state index in [1.165, 1.54) is 4.90 Å². The van der Waals surface area contributed by atoms with Crippen LogP contribution < -0.4 is 5.32 Å². The van der Waals surface area contributed by atoms with Crippen molar-refractivity contribution in [2.45, 2.75) is 18.8 Å². The molecule has 6 heteroatoms. The van der Waals surface area contributed by atoms with Gasteiger partial charge in [-0.3, -0.25) is 14.5 Å². The molecule has 0 aliphatic carbocycles. The predicted octanol–water partition coefficient (Wildman–Crippen LogP) is 4.39. The number of halogens is 1. The number of hydrogen-bond donors (Lipinski definition) is 1. The van der Waals surface area contributed by atoms with Crippen LogP contribution in [0.3, 0.4) is 0 Å². The maximum Gasteiger partial charge on any atom is 0.291 e. The summed E-state index contributed by atoms with van der Waals surface area (Å²) in [5.74, 6) is -0.205. The van der Waals surface area contributed by atoms with Crippen molar-refractivity contribution >= 4 is 44.5 Å². The third-order valence-electron chi connectivity index (χ3n) is 3.53. The predicted molar refractivity (Wildman–Crippen MR) is 96.3 cm³/mol. The minimum Gasteiger partial charge on any atom is -0.365 e. The lowest BCUT2D eigenvalue weighted by Gasteiger charge is -2.15. The van der Waals surface area contributed by atoms with Gasteiger partial charge in [-0.2, -0.15) is 0 Å². The summed E-state index contributed by atoms with van der Waals surface area (Å²) in [5.41, 5.74) is 2.90. The fraction of sp³-hybridized carbons (Fsp3) is 0.176. The Bertz CT molecular complexity index is 731. The Kier molecular flexibility index (Phi) is 4.73. The Labute approximate surface area is 147 Å². The molecule has 0 spiro atoms. The van der Waals surface area contributed by atoms with Gasteiger partial charge in [0.25, 0.3) is 11.1 Å². The van der Waals surface area contributed by atoms with E-state index in [-0.39, 0.29) is 11.1 Å². The van der Waals surface area contributed by atoms with Crippen molar-refractivity contribution in [2.24, 2.45) is 0 Å². The Morgan fingerprint density at radius 3 is 2.39 bits per heavy atom. The molecule has 1 aliphatic heterocycles. The number of thioether (sulfide) groups is 1. The van der Waals surface area contributed by atoms with Crippen LogP contribution in [0.15, 0.2) is 53.0 Å². The molecule has 1 aliphatic rings. The molecule has 1 fully saturated rings. The second kappa shape index (κ2) is 6.76. The molecule has 1 heterocycles. The number of imide groups is 1. The van der Waals surface area contributed by atoms with Gasteiger partial charge in [-0.05, 0) is 48.5 Å². The van der Waals surface area contributed by atoms with E-state index >= 15 is 0 Å². The van der Waals surface area contributed by atoms with Gasteiger partial charge in [0.2, 0.25) is 0 Å². The van der Waals surface area contributed by atoms with Gasteiger partial charge in [0.1, 0.15) is 0 Å². The van der Waals surface area contributed by atoms with Gasteiger partial charge >= 0.3 is 0 Å². The maximum atomic E-state index is 12.5. The van der Waals surface area contributed by atoms with Crippen molar-refractivity contribution in [3.8, 4) is 0 Å². The number of anilines is 1. The molecule has 2 aromatic rings. The molecule has 3 rings (SSSR count). The van der Waals surface area contributed by atoms with E-state index in [0.717, 1.165) is 33.0 Å². The largest absolute Gasteiger partial charge is 0.365 e. The third kappa shape index (κ3) is 3.76. The number of nitrogens with zero attached hydrogens (tertiary/aromatic N) is 1. The highest BCUT2D eigenvalue weighted by molar-refractivity contribution is 9.10. The molecule has 0 aromatic heterocycles. The molecule has 0 saturated carbocycles. The highest BCUT2D eigenvalue weighted by atomic mass is 79.9. The molecule has 2 amide bonds. The highest BCUT2D eigenvalue weighted by Gasteiger charge is 2.39. The van der Waals surface area contributed by atoms with Crippen LogP contribution in [0, 0.1) is 6.92 Å². The zero-order valence-electron chi connectivity index (χ0n) is 12.5. The molecule has 2 aromatic carbocycles. The molecule has 0 radical (unpaired) electrons. The lowest BCUT2D eigenvalue weighted by molar-refractivity contribution is -0.126. The number of hydrogen-bond acceptors (Lipinski definition) is 4. The molecule has 4 nitrogen and oxygen atoms in total. The average molecular weight is 391 g/mol. The van der Waals surface area contributed by atoms with E-state index in [0.29, 0.717) is 6.54 Å². The summed E-state index contributed by atoms with van der Waals surface area (Å²) in [6, 6.07) is 15.3. The maximum absolute atomic E-state index is 12.5. The van der Waals surface area contributed by atoms with Gasteiger partial charge in [-0.1, -0.05) is 45.8 Å². The zero-order valence-corrected chi connectivity index (χ0v) is 14.9. The Morgan fingerprint density at radius 1 is 1.09 bits per heavy atom. The second-order valence-electron chi connectivity index (χ2n) is 5.33. The van der Waals surface area contributed by atoms with Crippen LogP contribution >= 0.6 is 27.7 Å². The first kappa shape index (κ1) is 16.1. The Morgan fingerprint density at radius 2 is 1.74 bits per heavy atom. The first-order chi connectivity index (χ1) is 11.0. The quantitative estimate of drug-likeness (QED) is 0.840. The Balaban J connectivity index is 1.69. The number of carbonyl (C=O) groups is 2. The van der Waals surface area contributed by atoms with Gasteiger partial charge < -0.3 is 5.32 Å². The third-order valence-corrected chi connectivity index (χ3v) is 5.04. The van der Waals surface area contributed by atoms with Gasteiger partial charge in [-0.25, -0.2) is 0 Å². The number of rotatable bonds is 4. The van der Waals surface area contributed by atoms with Crippen molar-refractivity contribution in [3.05, 3.63) is 64.1 Å². The standard InChI is InChI=1S/C17H15BrN2O2S/c1-11-2-8-14(9-3-11)19-15-16(21)20(17(22)23-15)10-12-4-6-13(18)7-5-12/h2-9,15,19H,10H2,1H3/t15-/m1/s1.